The predicted molar refractivity (Wildman–Crippen MR) is 108 cm³/mol. The number of rotatable bonds is 5. The summed E-state index contributed by atoms with van der Waals surface area (Å²) >= 11 is 7.95. The van der Waals surface area contributed by atoms with Crippen LogP contribution >= 0.6 is 47.8 Å². The van der Waals surface area contributed by atoms with Gasteiger partial charge in [-0.15, -0.1) is 36.2 Å². The average molecular weight is 428 g/mol. The fraction of sp³-hybridized carbons (Fsp3) is 0.412. The van der Waals surface area contributed by atoms with Gasteiger partial charge < -0.3 is 10.1 Å². The van der Waals surface area contributed by atoms with Crippen molar-refractivity contribution in [2.75, 3.05) is 32.8 Å². The monoisotopic (exact) mass is 426 g/mol. The van der Waals surface area contributed by atoms with Gasteiger partial charge >= 0.3 is 0 Å². The number of ether oxygens (including phenoxy) is 1. The molecule has 3 nitrogen and oxygen atoms in total. The highest BCUT2D eigenvalue weighted by molar-refractivity contribution is 7.10. The summed E-state index contributed by atoms with van der Waals surface area (Å²) in [6.45, 7) is 5.94. The van der Waals surface area contributed by atoms with Crippen LogP contribution in [0.1, 0.15) is 23.4 Å². The summed E-state index contributed by atoms with van der Waals surface area (Å²) in [4.78, 5) is 3.57. The van der Waals surface area contributed by atoms with E-state index < -0.39 is 5.82 Å². The Morgan fingerprint density at radius 2 is 2.04 bits per heavy atom. The fourth-order valence-corrected chi connectivity index (χ4v) is 4.12. The molecule has 2 heterocycles. The molecule has 1 fully saturated rings. The summed E-state index contributed by atoms with van der Waals surface area (Å²) in [5.41, 5.74) is 0.875. The van der Waals surface area contributed by atoms with E-state index in [1.165, 1.54) is 4.88 Å². The number of hydrogen-bond donors (Lipinski definition) is 1. The van der Waals surface area contributed by atoms with E-state index in [9.17, 15) is 4.39 Å². The van der Waals surface area contributed by atoms with Crippen LogP contribution in [0, 0.1) is 5.82 Å². The first-order chi connectivity index (χ1) is 11.2. The molecule has 0 unspecified atom stereocenters. The van der Waals surface area contributed by atoms with E-state index in [1.807, 2.05) is 19.1 Å². The lowest BCUT2D eigenvalue weighted by Gasteiger charge is -2.35. The molecule has 0 amide bonds. The molecule has 3 rings (SSSR count). The van der Waals surface area contributed by atoms with Crippen molar-refractivity contribution in [2.45, 2.75) is 13.0 Å². The lowest BCUT2D eigenvalue weighted by Crippen LogP contribution is -2.45. The predicted octanol–water partition coefficient (Wildman–Crippen LogP) is 4.78. The van der Waals surface area contributed by atoms with E-state index in [2.05, 4.69) is 21.7 Å². The molecule has 1 N–H and O–H groups in total. The van der Waals surface area contributed by atoms with Crippen LogP contribution in [0.3, 0.4) is 0 Å². The van der Waals surface area contributed by atoms with E-state index in [1.54, 1.807) is 17.4 Å². The standard InChI is InChI=1S/C17H20ClFN2OS.2ClH/c1-2-22-17-13(18)10-12(11-14(17)19)16(15-4-3-9-23-15)21-7-5-20-6-8-21;;/h3-4,9-11,16,20H,2,5-8H2,1H3;2*1H/t16-;;/m1../s1. The molecule has 1 aromatic carbocycles. The smallest absolute Gasteiger partial charge is 0.173 e. The minimum Gasteiger partial charge on any atom is -0.489 e. The van der Waals surface area contributed by atoms with Crippen molar-refractivity contribution in [1.29, 1.82) is 0 Å². The maximum absolute atomic E-state index is 14.4. The van der Waals surface area contributed by atoms with E-state index in [-0.39, 0.29) is 36.6 Å². The van der Waals surface area contributed by atoms with Gasteiger partial charge in [0, 0.05) is 31.1 Å². The van der Waals surface area contributed by atoms with Gasteiger partial charge in [0.05, 0.1) is 17.7 Å². The molecule has 1 aromatic heterocycles. The van der Waals surface area contributed by atoms with Gasteiger partial charge in [0.15, 0.2) is 11.6 Å². The Labute approximate surface area is 169 Å². The minimum atomic E-state index is -0.397. The summed E-state index contributed by atoms with van der Waals surface area (Å²) in [6.07, 6.45) is 0. The maximum atomic E-state index is 14.4. The van der Waals surface area contributed by atoms with Gasteiger partial charge in [-0.25, -0.2) is 4.39 Å². The molecule has 1 atom stereocenters. The third-order valence-electron chi connectivity index (χ3n) is 3.95. The molecule has 2 aromatic rings. The first-order valence-corrected chi connectivity index (χ1v) is 9.06. The molecule has 25 heavy (non-hydrogen) atoms. The first kappa shape index (κ1) is 22.5. The van der Waals surface area contributed by atoms with E-state index in [4.69, 9.17) is 16.3 Å². The third kappa shape index (κ3) is 5.22. The number of hydrogen-bond acceptors (Lipinski definition) is 4. The normalized spacial score (nSPS) is 15.8. The molecule has 140 valence electrons. The zero-order valence-electron chi connectivity index (χ0n) is 13.8. The van der Waals surface area contributed by atoms with Crippen molar-refractivity contribution >= 4 is 47.8 Å². The molecule has 1 aliphatic rings. The Kier molecular flexibility index (Phi) is 9.49. The molecule has 1 aliphatic heterocycles. The molecule has 0 spiro atoms. The van der Waals surface area contributed by atoms with Crippen molar-refractivity contribution < 1.29 is 9.13 Å². The summed E-state index contributed by atoms with van der Waals surface area (Å²) in [5, 5.41) is 5.74. The Bertz CT molecular complexity index is 628. The Morgan fingerprint density at radius 1 is 1.32 bits per heavy atom. The molecular weight excluding hydrogens is 406 g/mol. The summed E-state index contributed by atoms with van der Waals surface area (Å²) in [5.74, 6) is -0.255. The number of nitrogens with zero attached hydrogens (tertiary/aromatic N) is 1. The van der Waals surface area contributed by atoms with Gasteiger partial charge in [0.25, 0.3) is 0 Å². The second kappa shape index (κ2) is 10.6. The zero-order chi connectivity index (χ0) is 16.2. The van der Waals surface area contributed by atoms with E-state index in [0.717, 1.165) is 31.7 Å². The molecule has 0 saturated carbocycles. The van der Waals surface area contributed by atoms with Crippen LogP contribution < -0.4 is 10.1 Å². The summed E-state index contributed by atoms with van der Waals surface area (Å²) in [6, 6.07) is 7.55. The van der Waals surface area contributed by atoms with Gasteiger partial charge in [0.2, 0.25) is 0 Å². The van der Waals surface area contributed by atoms with Crippen LogP contribution in [0.25, 0.3) is 0 Å². The number of halogens is 4. The van der Waals surface area contributed by atoms with Gasteiger partial charge in [-0.3, -0.25) is 4.90 Å². The zero-order valence-corrected chi connectivity index (χ0v) is 17.0. The summed E-state index contributed by atoms with van der Waals surface area (Å²) < 4.78 is 19.7. The van der Waals surface area contributed by atoms with Crippen LogP contribution in [-0.4, -0.2) is 37.7 Å². The quantitative estimate of drug-likeness (QED) is 0.743. The number of benzene rings is 1. The van der Waals surface area contributed by atoms with Crippen molar-refractivity contribution in [1.82, 2.24) is 10.2 Å². The van der Waals surface area contributed by atoms with Gasteiger partial charge in [-0.2, -0.15) is 0 Å². The highest BCUT2D eigenvalue weighted by Crippen LogP contribution is 2.37. The highest BCUT2D eigenvalue weighted by Gasteiger charge is 2.26. The molecular formula is C17H22Cl3FN2OS. The van der Waals surface area contributed by atoms with Crippen molar-refractivity contribution in [3.63, 3.8) is 0 Å². The SMILES string of the molecule is CCOc1c(F)cc([C@H](c2cccs2)N2CCNCC2)cc1Cl.Cl.Cl. The number of piperazine rings is 1. The van der Waals surface area contributed by atoms with Crippen molar-refractivity contribution in [3.8, 4) is 5.75 Å². The van der Waals surface area contributed by atoms with E-state index >= 15 is 0 Å². The van der Waals surface area contributed by atoms with Gasteiger partial charge in [-0.1, -0.05) is 17.7 Å². The Morgan fingerprint density at radius 3 is 2.60 bits per heavy atom. The largest absolute Gasteiger partial charge is 0.489 e. The van der Waals surface area contributed by atoms with Crippen LogP contribution in [-0.2, 0) is 0 Å². The average Bonchev–Trinajstić information content (AvgIpc) is 3.06. The topological polar surface area (TPSA) is 24.5 Å². The number of nitrogens with one attached hydrogen (secondary N) is 1. The lowest BCUT2D eigenvalue weighted by atomic mass is 10.0. The molecule has 0 radical (unpaired) electrons. The first-order valence-electron chi connectivity index (χ1n) is 7.80. The molecule has 0 bridgehead atoms. The third-order valence-corrected chi connectivity index (χ3v) is 5.16. The van der Waals surface area contributed by atoms with Crippen molar-refractivity contribution in [3.05, 3.63) is 50.9 Å². The Hall–Kier alpha value is -0.560. The Balaban J connectivity index is 0.00000156. The van der Waals surface area contributed by atoms with Crippen LogP contribution in [0.4, 0.5) is 4.39 Å². The fourth-order valence-electron chi connectivity index (χ4n) is 2.96. The molecule has 0 aliphatic carbocycles. The maximum Gasteiger partial charge on any atom is 0.173 e. The minimum absolute atomic E-state index is 0. The van der Waals surface area contributed by atoms with Gasteiger partial charge in [0.1, 0.15) is 0 Å². The summed E-state index contributed by atoms with van der Waals surface area (Å²) in [7, 11) is 0. The second-order valence-corrected chi connectivity index (χ2v) is 6.84. The highest BCUT2D eigenvalue weighted by atomic mass is 35.5. The molecule has 8 heteroatoms. The van der Waals surface area contributed by atoms with Crippen molar-refractivity contribution in [2.24, 2.45) is 0 Å². The lowest BCUT2D eigenvalue weighted by molar-refractivity contribution is 0.200. The van der Waals surface area contributed by atoms with Crippen LogP contribution in [0.5, 0.6) is 5.75 Å². The second-order valence-electron chi connectivity index (χ2n) is 5.45. The molecule has 1 saturated heterocycles. The van der Waals surface area contributed by atoms with Crippen LogP contribution in [0.15, 0.2) is 29.6 Å². The van der Waals surface area contributed by atoms with E-state index in [0.29, 0.717) is 11.6 Å². The van der Waals surface area contributed by atoms with Gasteiger partial charge in [-0.05, 0) is 36.1 Å². The number of thiophene rings is 1. The van der Waals surface area contributed by atoms with Crippen LogP contribution in [0.2, 0.25) is 5.02 Å².